The second-order valence-electron chi connectivity index (χ2n) is 4.11. The van der Waals surface area contributed by atoms with Crippen molar-refractivity contribution in [2.24, 2.45) is 0 Å². The zero-order chi connectivity index (χ0) is 13.2. The topological polar surface area (TPSA) is 36.5 Å². The molecule has 0 aromatic heterocycles. The molecule has 0 atom stereocenters. The van der Waals surface area contributed by atoms with Crippen molar-refractivity contribution in [2.45, 2.75) is 13.3 Å². The summed E-state index contributed by atoms with van der Waals surface area (Å²) in [7, 11) is 1.99. The van der Waals surface area contributed by atoms with Gasteiger partial charge < -0.3 is 0 Å². The van der Waals surface area contributed by atoms with Gasteiger partial charge >= 0.3 is 122 Å². The molecule has 0 spiro atoms. The molecule has 4 nitrogen and oxygen atoms in total. The standard InChI is InChI=1S/C13H25IN3O/c1-4-8-17(14-2)13(15-3)6-5-12-10-16-7-9-18-11-12/h5-6,15-16H,4,7-11H2,1-3H3/q-1/b12-5-,13-6+. The molecule has 0 radical (unpaired) electrons. The Balaban J connectivity index is 2.66. The van der Waals surface area contributed by atoms with Gasteiger partial charge in [-0.3, -0.25) is 0 Å². The predicted molar refractivity (Wildman–Crippen MR) is 71.8 cm³/mol. The third-order valence-corrected chi connectivity index (χ3v) is 4.85. The minimum atomic E-state index is 0.0784. The Morgan fingerprint density at radius 2 is 2.44 bits per heavy atom. The Morgan fingerprint density at radius 3 is 3.11 bits per heavy atom. The number of hydrogen-bond donors (Lipinski definition) is 2. The van der Waals surface area contributed by atoms with E-state index in [9.17, 15) is 0 Å². The van der Waals surface area contributed by atoms with Crippen LogP contribution in [-0.4, -0.2) is 47.9 Å². The molecule has 0 saturated carbocycles. The summed E-state index contributed by atoms with van der Waals surface area (Å²) in [5.74, 6) is 1.23. The fraction of sp³-hybridized carbons (Fsp3) is 0.692. The van der Waals surface area contributed by atoms with E-state index < -0.39 is 0 Å². The van der Waals surface area contributed by atoms with Crippen LogP contribution in [-0.2, 0) is 4.74 Å². The van der Waals surface area contributed by atoms with E-state index in [2.05, 4.69) is 37.8 Å². The number of alkyl halides is 1. The number of rotatable bonds is 6. The fourth-order valence-corrected chi connectivity index (χ4v) is 3.62. The molecule has 18 heavy (non-hydrogen) atoms. The summed E-state index contributed by atoms with van der Waals surface area (Å²) in [5.41, 5.74) is 1.31. The summed E-state index contributed by atoms with van der Waals surface area (Å²) in [6.07, 6.45) is 5.56. The average Bonchev–Trinajstić information content (AvgIpc) is 2.66. The molecule has 0 aromatic carbocycles. The van der Waals surface area contributed by atoms with Crippen LogP contribution < -0.4 is 32.1 Å². The Hall–Kier alpha value is -0.270. The van der Waals surface area contributed by atoms with E-state index in [0.29, 0.717) is 0 Å². The van der Waals surface area contributed by atoms with Crippen molar-refractivity contribution in [3.8, 4) is 0 Å². The first-order valence-corrected chi connectivity index (χ1v) is 9.57. The molecule has 1 aliphatic heterocycles. The molecule has 106 valence electrons. The van der Waals surface area contributed by atoms with Crippen molar-refractivity contribution in [2.75, 3.05) is 44.8 Å². The molecule has 0 aliphatic carbocycles. The molecular formula is C13H25IN3O-. The van der Waals surface area contributed by atoms with E-state index in [1.165, 1.54) is 17.8 Å². The monoisotopic (exact) mass is 366 g/mol. The molecule has 1 heterocycles. The van der Waals surface area contributed by atoms with Gasteiger partial charge in [0.25, 0.3) is 0 Å². The molecular weight excluding hydrogens is 341 g/mol. The zero-order valence-corrected chi connectivity index (χ0v) is 13.8. The van der Waals surface area contributed by atoms with Crippen LogP contribution in [0.1, 0.15) is 13.3 Å². The SMILES string of the molecule is CCCN([I-]C)/C(=C/C=C1/CNCCOC1)NC. The van der Waals surface area contributed by atoms with Crippen LogP contribution in [0.3, 0.4) is 0 Å². The van der Waals surface area contributed by atoms with Crippen molar-refractivity contribution in [1.29, 1.82) is 0 Å². The molecule has 1 fully saturated rings. The third kappa shape index (κ3) is 5.58. The molecule has 2 N–H and O–H groups in total. The van der Waals surface area contributed by atoms with Gasteiger partial charge in [-0.05, 0) is 0 Å². The maximum atomic E-state index is 5.52. The number of hydrogen-bond acceptors (Lipinski definition) is 4. The van der Waals surface area contributed by atoms with Crippen molar-refractivity contribution < 1.29 is 26.2 Å². The van der Waals surface area contributed by atoms with Gasteiger partial charge in [0, 0.05) is 0 Å². The number of nitrogens with one attached hydrogen (secondary N) is 2. The van der Waals surface area contributed by atoms with Crippen molar-refractivity contribution >= 4 is 0 Å². The first-order valence-electron chi connectivity index (χ1n) is 6.45. The van der Waals surface area contributed by atoms with Gasteiger partial charge in [-0.2, -0.15) is 0 Å². The van der Waals surface area contributed by atoms with Gasteiger partial charge in [-0.1, -0.05) is 0 Å². The van der Waals surface area contributed by atoms with E-state index in [1.54, 1.807) is 0 Å². The van der Waals surface area contributed by atoms with Crippen LogP contribution in [0.15, 0.2) is 23.5 Å². The Bertz CT molecular complexity index is 282. The van der Waals surface area contributed by atoms with Gasteiger partial charge in [0.05, 0.1) is 0 Å². The summed E-state index contributed by atoms with van der Waals surface area (Å²) >= 11 is 0.0784. The molecule has 0 unspecified atom stereocenters. The Morgan fingerprint density at radius 1 is 1.61 bits per heavy atom. The second kappa shape index (κ2) is 9.63. The van der Waals surface area contributed by atoms with Crippen molar-refractivity contribution in [3.63, 3.8) is 0 Å². The van der Waals surface area contributed by atoms with E-state index in [4.69, 9.17) is 4.74 Å². The number of ether oxygens (including phenoxy) is 1. The summed E-state index contributed by atoms with van der Waals surface area (Å²) < 4.78 is 7.98. The predicted octanol–water partition coefficient (Wildman–Crippen LogP) is -2.06. The van der Waals surface area contributed by atoms with Crippen LogP contribution >= 0.6 is 0 Å². The first-order chi connectivity index (χ1) is 8.81. The maximum absolute atomic E-state index is 5.52. The van der Waals surface area contributed by atoms with Crippen LogP contribution in [0.4, 0.5) is 0 Å². The van der Waals surface area contributed by atoms with E-state index in [-0.39, 0.29) is 21.5 Å². The van der Waals surface area contributed by atoms with Gasteiger partial charge in [0.2, 0.25) is 0 Å². The van der Waals surface area contributed by atoms with Gasteiger partial charge in [0.15, 0.2) is 0 Å². The van der Waals surface area contributed by atoms with E-state index >= 15 is 0 Å². The average molecular weight is 366 g/mol. The molecule has 1 rings (SSSR count). The van der Waals surface area contributed by atoms with Crippen LogP contribution in [0.5, 0.6) is 0 Å². The van der Waals surface area contributed by atoms with E-state index in [0.717, 1.165) is 32.8 Å². The molecule has 0 aromatic rings. The molecule has 0 bridgehead atoms. The number of allylic oxidation sites excluding steroid dienone is 2. The zero-order valence-electron chi connectivity index (χ0n) is 11.6. The van der Waals surface area contributed by atoms with Crippen molar-refractivity contribution in [1.82, 2.24) is 13.7 Å². The molecule has 1 saturated heterocycles. The van der Waals surface area contributed by atoms with Crippen LogP contribution in [0.2, 0.25) is 0 Å². The number of halogens is 1. The first kappa shape index (κ1) is 15.8. The van der Waals surface area contributed by atoms with Crippen LogP contribution in [0, 0.1) is 0 Å². The molecule has 0 amide bonds. The minimum absolute atomic E-state index is 0.0784. The van der Waals surface area contributed by atoms with Crippen LogP contribution in [0.25, 0.3) is 0 Å². The summed E-state index contributed by atoms with van der Waals surface area (Å²) in [4.78, 5) is 2.29. The van der Waals surface area contributed by atoms with Gasteiger partial charge in [0.1, 0.15) is 0 Å². The fourth-order valence-electron chi connectivity index (χ4n) is 1.73. The van der Waals surface area contributed by atoms with Gasteiger partial charge in [-0.25, -0.2) is 0 Å². The summed E-state index contributed by atoms with van der Waals surface area (Å²) in [5, 5.41) is 6.66. The molecule has 1 aliphatic rings. The number of nitrogens with zero attached hydrogens (tertiary/aromatic N) is 1. The van der Waals surface area contributed by atoms with E-state index in [1.807, 2.05) is 7.05 Å². The van der Waals surface area contributed by atoms with Gasteiger partial charge in [-0.15, -0.1) is 0 Å². The quantitative estimate of drug-likeness (QED) is 0.322. The molecule has 5 heteroatoms. The second-order valence-corrected chi connectivity index (χ2v) is 6.24. The van der Waals surface area contributed by atoms with Crippen molar-refractivity contribution in [3.05, 3.63) is 23.5 Å². The Labute approximate surface area is 121 Å². The summed E-state index contributed by atoms with van der Waals surface area (Å²) in [6.45, 7) is 6.79. The third-order valence-electron chi connectivity index (χ3n) is 2.68. The Kier molecular flexibility index (Phi) is 8.45. The normalized spacial score (nSPS) is 19.9. The summed E-state index contributed by atoms with van der Waals surface area (Å²) in [6, 6.07) is 0.